The molecule has 1 atom stereocenters. The summed E-state index contributed by atoms with van der Waals surface area (Å²) in [5.74, 6) is -0.0410. The first-order chi connectivity index (χ1) is 12.7. The molecule has 2 heterocycles. The van der Waals surface area contributed by atoms with Gasteiger partial charge in [-0.05, 0) is 24.6 Å². The van der Waals surface area contributed by atoms with E-state index in [1.807, 2.05) is 61.5 Å². The van der Waals surface area contributed by atoms with Crippen molar-refractivity contribution >= 4 is 34.2 Å². The van der Waals surface area contributed by atoms with Gasteiger partial charge in [0, 0.05) is 11.9 Å². The molecule has 0 saturated heterocycles. The lowest BCUT2D eigenvalue weighted by molar-refractivity contribution is -0.120. The van der Waals surface area contributed by atoms with Crippen LogP contribution in [0.25, 0.3) is 16.6 Å². The predicted molar refractivity (Wildman–Crippen MR) is 102 cm³/mol. The van der Waals surface area contributed by atoms with Crippen LogP contribution in [0.15, 0.2) is 66.1 Å². The molecule has 2 aromatic carbocycles. The summed E-state index contributed by atoms with van der Waals surface area (Å²) in [5, 5.41) is 8.58. The van der Waals surface area contributed by atoms with E-state index in [4.69, 9.17) is 0 Å². The first kappa shape index (κ1) is 16.5. The van der Waals surface area contributed by atoms with Crippen molar-refractivity contribution in [1.82, 2.24) is 24.9 Å². The second-order valence-electron chi connectivity index (χ2n) is 5.89. The normalized spacial score (nSPS) is 12.3. The summed E-state index contributed by atoms with van der Waals surface area (Å²) in [7, 11) is 0. The Labute approximate surface area is 154 Å². The van der Waals surface area contributed by atoms with Gasteiger partial charge in [-0.3, -0.25) is 4.79 Å². The molecule has 0 bridgehead atoms. The molecule has 1 N–H and O–H groups in total. The molecule has 1 amide bonds. The molecule has 0 aliphatic carbocycles. The van der Waals surface area contributed by atoms with E-state index in [1.54, 1.807) is 10.8 Å². The standard InChI is InChI=1S/C19H17N5OS/c1-13(18(25)20-11-14-7-3-2-4-8-14)26-19-22-17-15-9-5-6-10-16(15)21-12-24(17)23-19/h2-10,12-13H,11H2,1H3,(H,20,25)/t13-/m1/s1. The van der Waals surface area contributed by atoms with Gasteiger partial charge in [0.25, 0.3) is 0 Å². The monoisotopic (exact) mass is 363 g/mol. The smallest absolute Gasteiger partial charge is 0.233 e. The second kappa shape index (κ2) is 7.13. The van der Waals surface area contributed by atoms with Gasteiger partial charge in [-0.15, -0.1) is 5.10 Å². The van der Waals surface area contributed by atoms with Crippen LogP contribution in [0.3, 0.4) is 0 Å². The molecule has 0 spiro atoms. The van der Waals surface area contributed by atoms with E-state index in [2.05, 4.69) is 20.4 Å². The molecule has 0 aliphatic heterocycles. The van der Waals surface area contributed by atoms with Crippen LogP contribution in [0.2, 0.25) is 0 Å². The predicted octanol–water partition coefficient (Wildman–Crippen LogP) is 3.07. The number of carbonyl (C=O) groups excluding carboxylic acids is 1. The highest BCUT2D eigenvalue weighted by atomic mass is 32.2. The highest BCUT2D eigenvalue weighted by Crippen LogP contribution is 2.23. The van der Waals surface area contributed by atoms with Crippen LogP contribution in [-0.2, 0) is 11.3 Å². The third-order valence-corrected chi connectivity index (χ3v) is 4.98. The topological polar surface area (TPSA) is 72.2 Å². The van der Waals surface area contributed by atoms with E-state index in [0.717, 1.165) is 22.1 Å². The number of aromatic nitrogens is 4. The Hall–Kier alpha value is -2.93. The molecule has 0 fully saturated rings. The zero-order chi connectivity index (χ0) is 17.9. The molecule has 26 heavy (non-hydrogen) atoms. The third kappa shape index (κ3) is 3.39. The van der Waals surface area contributed by atoms with E-state index >= 15 is 0 Å². The number of hydrogen-bond acceptors (Lipinski definition) is 5. The molecule has 0 radical (unpaired) electrons. The minimum absolute atomic E-state index is 0.0410. The van der Waals surface area contributed by atoms with Gasteiger partial charge in [-0.2, -0.15) is 0 Å². The van der Waals surface area contributed by atoms with Crippen molar-refractivity contribution in [2.45, 2.75) is 23.9 Å². The first-order valence-electron chi connectivity index (χ1n) is 8.29. The SMILES string of the molecule is C[C@@H](Sc1nc2c3ccccc3ncn2n1)C(=O)NCc1ccccc1. The Kier molecular flexibility index (Phi) is 4.53. The maximum absolute atomic E-state index is 12.3. The Morgan fingerprint density at radius 3 is 2.77 bits per heavy atom. The lowest BCUT2D eigenvalue weighted by Crippen LogP contribution is -2.30. The Balaban J connectivity index is 1.47. The van der Waals surface area contributed by atoms with Gasteiger partial charge < -0.3 is 5.32 Å². The average molecular weight is 363 g/mol. The van der Waals surface area contributed by atoms with Gasteiger partial charge in [0.1, 0.15) is 6.33 Å². The van der Waals surface area contributed by atoms with Crippen LogP contribution in [-0.4, -0.2) is 30.7 Å². The fraction of sp³-hybridized carbons (Fsp3) is 0.158. The number of hydrogen-bond donors (Lipinski definition) is 1. The maximum Gasteiger partial charge on any atom is 0.233 e. The van der Waals surface area contributed by atoms with Gasteiger partial charge >= 0.3 is 0 Å². The number of nitrogens with one attached hydrogen (secondary N) is 1. The van der Waals surface area contributed by atoms with Crippen molar-refractivity contribution in [2.24, 2.45) is 0 Å². The van der Waals surface area contributed by atoms with Gasteiger partial charge in [0.15, 0.2) is 5.65 Å². The van der Waals surface area contributed by atoms with E-state index in [1.165, 1.54) is 11.8 Å². The van der Waals surface area contributed by atoms with Crippen LogP contribution in [0.4, 0.5) is 0 Å². The summed E-state index contributed by atoms with van der Waals surface area (Å²) in [6.07, 6.45) is 1.65. The maximum atomic E-state index is 12.3. The summed E-state index contributed by atoms with van der Waals surface area (Å²) < 4.78 is 1.65. The summed E-state index contributed by atoms with van der Waals surface area (Å²) >= 11 is 1.34. The van der Waals surface area contributed by atoms with Gasteiger partial charge in [-0.25, -0.2) is 14.5 Å². The van der Waals surface area contributed by atoms with Crippen molar-refractivity contribution < 1.29 is 4.79 Å². The van der Waals surface area contributed by atoms with Crippen molar-refractivity contribution in [3.8, 4) is 0 Å². The molecular weight excluding hydrogens is 346 g/mol. The summed E-state index contributed by atoms with van der Waals surface area (Å²) in [5.41, 5.74) is 2.69. The number of nitrogens with zero attached hydrogens (tertiary/aromatic N) is 4. The van der Waals surface area contributed by atoms with Crippen molar-refractivity contribution in [3.05, 3.63) is 66.5 Å². The highest BCUT2D eigenvalue weighted by molar-refractivity contribution is 8.00. The molecule has 7 heteroatoms. The fourth-order valence-corrected chi connectivity index (χ4v) is 3.43. The minimum atomic E-state index is -0.296. The van der Waals surface area contributed by atoms with E-state index in [9.17, 15) is 4.79 Å². The van der Waals surface area contributed by atoms with E-state index in [0.29, 0.717) is 11.7 Å². The van der Waals surface area contributed by atoms with Crippen LogP contribution in [0.5, 0.6) is 0 Å². The molecule has 0 aliphatic rings. The van der Waals surface area contributed by atoms with Crippen LogP contribution >= 0.6 is 11.8 Å². The largest absolute Gasteiger partial charge is 0.351 e. The van der Waals surface area contributed by atoms with Crippen molar-refractivity contribution in [2.75, 3.05) is 0 Å². The number of carbonyl (C=O) groups is 1. The summed E-state index contributed by atoms with van der Waals surface area (Å²) in [4.78, 5) is 21.3. The Bertz CT molecular complexity index is 1060. The van der Waals surface area contributed by atoms with Gasteiger partial charge in [0.2, 0.25) is 11.1 Å². The van der Waals surface area contributed by atoms with Crippen LogP contribution in [0.1, 0.15) is 12.5 Å². The quantitative estimate of drug-likeness (QED) is 0.552. The molecule has 0 saturated carbocycles. The number of fused-ring (bicyclic) bond motifs is 3. The summed E-state index contributed by atoms with van der Waals surface area (Å²) in [6.45, 7) is 2.37. The number of thioether (sulfide) groups is 1. The molecular formula is C19H17N5OS. The minimum Gasteiger partial charge on any atom is -0.351 e. The fourth-order valence-electron chi connectivity index (χ4n) is 2.65. The zero-order valence-corrected chi connectivity index (χ0v) is 15.0. The third-order valence-electron chi connectivity index (χ3n) is 4.02. The number of rotatable bonds is 5. The molecule has 4 rings (SSSR count). The molecule has 130 valence electrons. The molecule has 6 nitrogen and oxygen atoms in total. The number of benzene rings is 2. The van der Waals surface area contributed by atoms with E-state index in [-0.39, 0.29) is 11.2 Å². The Morgan fingerprint density at radius 1 is 1.15 bits per heavy atom. The zero-order valence-electron chi connectivity index (χ0n) is 14.2. The van der Waals surface area contributed by atoms with E-state index < -0.39 is 0 Å². The molecule has 4 aromatic rings. The highest BCUT2D eigenvalue weighted by Gasteiger charge is 2.17. The summed E-state index contributed by atoms with van der Waals surface area (Å²) in [6, 6.07) is 17.6. The number of para-hydroxylation sites is 1. The molecule has 2 aromatic heterocycles. The number of amides is 1. The average Bonchev–Trinajstić information content (AvgIpc) is 3.10. The van der Waals surface area contributed by atoms with Crippen LogP contribution in [0, 0.1) is 0 Å². The molecule has 0 unspecified atom stereocenters. The first-order valence-corrected chi connectivity index (χ1v) is 9.17. The van der Waals surface area contributed by atoms with Crippen molar-refractivity contribution in [3.63, 3.8) is 0 Å². The second-order valence-corrected chi connectivity index (χ2v) is 7.20. The lowest BCUT2D eigenvalue weighted by atomic mass is 10.2. The van der Waals surface area contributed by atoms with Crippen molar-refractivity contribution in [1.29, 1.82) is 0 Å². The Morgan fingerprint density at radius 2 is 1.92 bits per heavy atom. The van der Waals surface area contributed by atoms with Gasteiger partial charge in [-0.1, -0.05) is 54.2 Å². The van der Waals surface area contributed by atoms with Crippen LogP contribution < -0.4 is 5.32 Å². The lowest BCUT2D eigenvalue weighted by Gasteiger charge is -2.10. The van der Waals surface area contributed by atoms with Gasteiger partial charge in [0.05, 0.1) is 10.8 Å².